The molecular weight excluding hydrogens is 246 g/mol. The normalized spacial score (nSPS) is 19.9. The van der Waals surface area contributed by atoms with Crippen molar-refractivity contribution in [2.24, 2.45) is 0 Å². The molecule has 1 fully saturated rings. The van der Waals surface area contributed by atoms with E-state index >= 15 is 0 Å². The fourth-order valence-electron chi connectivity index (χ4n) is 1.63. The summed E-state index contributed by atoms with van der Waals surface area (Å²) in [6, 6.07) is 2.52. The molecule has 90 valence electrons. The van der Waals surface area contributed by atoms with Gasteiger partial charge in [-0.1, -0.05) is 6.07 Å². The molecule has 1 aromatic rings. The molecule has 1 aromatic carbocycles. The first-order valence-electron chi connectivity index (χ1n) is 4.58. The molecule has 2 rings (SSSR count). The van der Waals surface area contributed by atoms with Gasteiger partial charge in [-0.2, -0.15) is 13.2 Å². The topological polar surface area (TPSA) is 12.0 Å². The number of halogens is 5. The standard InChI is InChI=1S/C10H9F4N.ClH/c11-6-1-2-7(9-3-4-15-9)8(5-6)10(12,13)14;/h1-2,5,9,15H,3-4H2;1H/t9-;/m0./s1. The largest absolute Gasteiger partial charge is 0.416 e. The summed E-state index contributed by atoms with van der Waals surface area (Å²) in [5, 5.41) is 2.87. The van der Waals surface area contributed by atoms with Crippen molar-refractivity contribution in [3.05, 3.63) is 35.1 Å². The molecule has 0 saturated carbocycles. The van der Waals surface area contributed by atoms with Crippen LogP contribution in [0.4, 0.5) is 17.6 Å². The average Bonchev–Trinajstić information content (AvgIpc) is 2.03. The molecule has 0 bridgehead atoms. The molecule has 0 radical (unpaired) electrons. The van der Waals surface area contributed by atoms with Crippen LogP contribution in [0.2, 0.25) is 0 Å². The van der Waals surface area contributed by atoms with Crippen molar-refractivity contribution < 1.29 is 17.6 Å². The zero-order valence-corrected chi connectivity index (χ0v) is 8.96. The summed E-state index contributed by atoms with van der Waals surface area (Å²) in [5.74, 6) is -0.856. The average molecular weight is 256 g/mol. The van der Waals surface area contributed by atoms with E-state index in [0.717, 1.165) is 6.07 Å². The zero-order valence-electron chi connectivity index (χ0n) is 8.14. The molecular formula is C10H10ClF4N. The van der Waals surface area contributed by atoms with Gasteiger partial charge in [0.2, 0.25) is 0 Å². The van der Waals surface area contributed by atoms with Crippen LogP contribution < -0.4 is 5.32 Å². The van der Waals surface area contributed by atoms with Gasteiger partial charge in [0.1, 0.15) is 5.82 Å². The molecule has 16 heavy (non-hydrogen) atoms. The van der Waals surface area contributed by atoms with E-state index in [2.05, 4.69) is 5.32 Å². The van der Waals surface area contributed by atoms with Crippen molar-refractivity contribution >= 4 is 12.4 Å². The van der Waals surface area contributed by atoms with E-state index in [4.69, 9.17) is 0 Å². The van der Waals surface area contributed by atoms with E-state index in [0.29, 0.717) is 19.0 Å². The lowest BCUT2D eigenvalue weighted by Gasteiger charge is -2.30. The SMILES string of the molecule is Cl.Fc1ccc([C@@H]2CCN2)c(C(F)(F)F)c1. The van der Waals surface area contributed by atoms with Crippen molar-refractivity contribution in [2.45, 2.75) is 18.6 Å². The fraction of sp³-hybridized carbons (Fsp3) is 0.400. The van der Waals surface area contributed by atoms with E-state index < -0.39 is 17.6 Å². The van der Waals surface area contributed by atoms with Gasteiger partial charge in [0.15, 0.2) is 0 Å². The predicted molar refractivity (Wildman–Crippen MR) is 54.0 cm³/mol. The summed E-state index contributed by atoms with van der Waals surface area (Å²) >= 11 is 0. The molecule has 0 unspecified atom stereocenters. The lowest BCUT2D eigenvalue weighted by Crippen LogP contribution is -2.36. The Kier molecular flexibility index (Phi) is 3.80. The van der Waals surface area contributed by atoms with Crippen LogP contribution in [0, 0.1) is 5.82 Å². The Morgan fingerprint density at radius 1 is 1.25 bits per heavy atom. The molecule has 1 N–H and O–H groups in total. The molecule has 1 heterocycles. The maximum Gasteiger partial charge on any atom is 0.416 e. The Bertz CT molecular complexity index is 374. The summed E-state index contributed by atoms with van der Waals surface area (Å²) in [6.45, 7) is 0.708. The van der Waals surface area contributed by atoms with Crippen LogP contribution in [0.1, 0.15) is 23.6 Å². The minimum Gasteiger partial charge on any atom is -0.310 e. The van der Waals surface area contributed by atoms with E-state index in [1.165, 1.54) is 6.07 Å². The van der Waals surface area contributed by atoms with E-state index in [1.54, 1.807) is 0 Å². The van der Waals surface area contributed by atoms with Gasteiger partial charge in [-0.05, 0) is 30.7 Å². The van der Waals surface area contributed by atoms with Crippen molar-refractivity contribution in [1.82, 2.24) is 5.32 Å². The Morgan fingerprint density at radius 3 is 2.31 bits per heavy atom. The minimum absolute atomic E-state index is 0. The van der Waals surface area contributed by atoms with Gasteiger partial charge in [0.05, 0.1) is 5.56 Å². The first-order valence-corrected chi connectivity index (χ1v) is 4.58. The van der Waals surface area contributed by atoms with Gasteiger partial charge >= 0.3 is 6.18 Å². The smallest absolute Gasteiger partial charge is 0.310 e. The molecule has 0 aliphatic carbocycles. The maximum atomic E-state index is 12.7. The summed E-state index contributed by atoms with van der Waals surface area (Å²) in [4.78, 5) is 0. The number of alkyl halides is 3. The van der Waals surface area contributed by atoms with Crippen molar-refractivity contribution in [3.8, 4) is 0 Å². The van der Waals surface area contributed by atoms with Gasteiger partial charge in [-0.3, -0.25) is 0 Å². The molecule has 1 atom stereocenters. The number of hydrogen-bond donors (Lipinski definition) is 1. The number of benzene rings is 1. The van der Waals surface area contributed by atoms with E-state index in [9.17, 15) is 17.6 Å². The zero-order chi connectivity index (χ0) is 11.1. The second kappa shape index (κ2) is 4.59. The van der Waals surface area contributed by atoms with Crippen LogP contribution in [0.5, 0.6) is 0 Å². The Hall–Kier alpha value is -0.810. The fourth-order valence-corrected chi connectivity index (χ4v) is 1.63. The second-order valence-electron chi connectivity index (χ2n) is 3.52. The lowest BCUT2D eigenvalue weighted by atomic mass is 9.93. The quantitative estimate of drug-likeness (QED) is 0.760. The maximum absolute atomic E-state index is 12.7. The second-order valence-corrected chi connectivity index (χ2v) is 3.52. The van der Waals surface area contributed by atoms with Gasteiger partial charge in [-0.15, -0.1) is 12.4 Å². The molecule has 1 nitrogen and oxygen atoms in total. The predicted octanol–water partition coefficient (Wildman–Crippen LogP) is 3.30. The highest BCUT2D eigenvalue weighted by Gasteiger charge is 2.36. The molecule has 1 aliphatic rings. The summed E-state index contributed by atoms with van der Waals surface area (Å²) in [5.41, 5.74) is -0.741. The summed E-state index contributed by atoms with van der Waals surface area (Å²) in [6.07, 6.45) is -3.83. The Balaban J connectivity index is 0.00000128. The van der Waals surface area contributed by atoms with Crippen molar-refractivity contribution in [3.63, 3.8) is 0 Å². The highest BCUT2D eigenvalue weighted by molar-refractivity contribution is 5.85. The van der Waals surface area contributed by atoms with Crippen molar-refractivity contribution in [1.29, 1.82) is 0 Å². The Morgan fingerprint density at radius 2 is 1.88 bits per heavy atom. The van der Waals surface area contributed by atoms with E-state index in [-0.39, 0.29) is 24.0 Å². The molecule has 0 spiro atoms. The van der Waals surface area contributed by atoms with Crippen molar-refractivity contribution in [2.75, 3.05) is 6.54 Å². The number of rotatable bonds is 1. The minimum atomic E-state index is -4.49. The molecule has 0 amide bonds. The van der Waals surface area contributed by atoms with Crippen LogP contribution in [0.25, 0.3) is 0 Å². The monoisotopic (exact) mass is 255 g/mol. The van der Waals surface area contributed by atoms with E-state index in [1.807, 2.05) is 0 Å². The van der Waals surface area contributed by atoms with Gasteiger partial charge in [-0.25, -0.2) is 4.39 Å². The summed E-state index contributed by atoms with van der Waals surface area (Å²) < 4.78 is 50.4. The lowest BCUT2D eigenvalue weighted by molar-refractivity contribution is -0.138. The molecule has 1 saturated heterocycles. The van der Waals surface area contributed by atoms with Gasteiger partial charge in [0, 0.05) is 6.04 Å². The highest BCUT2D eigenvalue weighted by Crippen LogP contribution is 2.37. The third-order valence-electron chi connectivity index (χ3n) is 2.52. The molecule has 1 aliphatic heterocycles. The first kappa shape index (κ1) is 13.3. The number of hydrogen-bond acceptors (Lipinski definition) is 1. The third-order valence-corrected chi connectivity index (χ3v) is 2.52. The highest BCUT2D eigenvalue weighted by atomic mass is 35.5. The van der Waals surface area contributed by atoms with Crippen LogP contribution in [-0.4, -0.2) is 6.54 Å². The molecule has 0 aromatic heterocycles. The van der Waals surface area contributed by atoms with Gasteiger partial charge < -0.3 is 5.32 Å². The third kappa shape index (κ3) is 2.47. The Labute approximate surface area is 96.3 Å². The number of nitrogens with one attached hydrogen (secondary N) is 1. The van der Waals surface area contributed by atoms with Crippen LogP contribution in [-0.2, 0) is 6.18 Å². The van der Waals surface area contributed by atoms with Gasteiger partial charge in [0.25, 0.3) is 0 Å². The van der Waals surface area contributed by atoms with Crippen LogP contribution in [0.3, 0.4) is 0 Å². The van der Waals surface area contributed by atoms with Crippen LogP contribution in [0.15, 0.2) is 18.2 Å². The summed E-state index contributed by atoms with van der Waals surface area (Å²) in [7, 11) is 0. The molecule has 6 heteroatoms. The first-order chi connectivity index (χ1) is 6.98. The van der Waals surface area contributed by atoms with Crippen LogP contribution >= 0.6 is 12.4 Å².